The zero-order chi connectivity index (χ0) is 23.4. The van der Waals surface area contributed by atoms with Crippen LogP contribution in [0.5, 0.6) is 5.88 Å². The summed E-state index contributed by atoms with van der Waals surface area (Å²) in [6.45, 7) is 5.06. The van der Waals surface area contributed by atoms with Gasteiger partial charge in [-0.25, -0.2) is 0 Å². The Morgan fingerprint density at radius 2 is 1.79 bits per heavy atom. The molecule has 1 N–H and O–H groups in total. The van der Waals surface area contributed by atoms with E-state index in [1.807, 2.05) is 55.5 Å². The molecule has 0 radical (unpaired) electrons. The van der Waals surface area contributed by atoms with E-state index in [0.29, 0.717) is 25.3 Å². The van der Waals surface area contributed by atoms with Crippen LogP contribution in [0.15, 0.2) is 65.5 Å². The molecule has 33 heavy (non-hydrogen) atoms. The van der Waals surface area contributed by atoms with Gasteiger partial charge in [-0.1, -0.05) is 74.0 Å². The largest absolute Gasteiger partial charge is 0.493 e. The number of benzene rings is 2. The summed E-state index contributed by atoms with van der Waals surface area (Å²) in [6.07, 6.45) is 3.16. The summed E-state index contributed by atoms with van der Waals surface area (Å²) in [6, 6.07) is 19.5. The number of aromatic hydroxyl groups is 1. The summed E-state index contributed by atoms with van der Waals surface area (Å²) in [5, 5.41) is 10.7. The first-order chi connectivity index (χ1) is 16.0. The van der Waals surface area contributed by atoms with Crippen molar-refractivity contribution in [2.45, 2.75) is 51.5 Å². The van der Waals surface area contributed by atoms with Gasteiger partial charge < -0.3 is 10.0 Å². The summed E-state index contributed by atoms with van der Waals surface area (Å²) < 4.78 is 1.59. The van der Waals surface area contributed by atoms with Crippen LogP contribution in [0.4, 0.5) is 0 Å². The third-order valence-electron chi connectivity index (χ3n) is 6.55. The molecule has 1 fully saturated rings. The maximum absolute atomic E-state index is 13.7. The molecule has 0 spiro atoms. The number of rotatable bonds is 7. The number of nitrogens with zero attached hydrogens (tertiary/aromatic N) is 3. The van der Waals surface area contributed by atoms with Crippen molar-refractivity contribution in [3.63, 3.8) is 0 Å². The van der Waals surface area contributed by atoms with E-state index in [4.69, 9.17) is 0 Å². The first kappa shape index (κ1) is 22.8. The number of likely N-dealkylation sites (tertiary alicyclic amines) is 1. The quantitative estimate of drug-likeness (QED) is 0.580. The van der Waals surface area contributed by atoms with E-state index in [2.05, 4.69) is 24.0 Å². The van der Waals surface area contributed by atoms with Crippen LogP contribution in [0.2, 0.25) is 0 Å². The number of amides is 1. The zero-order valence-electron chi connectivity index (χ0n) is 19.3. The van der Waals surface area contributed by atoms with Gasteiger partial charge in [-0.05, 0) is 30.9 Å². The second-order valence-electron chi connectivity index (χ2n) is 8.74. The molecule has 6 heteroatoms. The molecule has 4 rings (SSSR count). The lowest BCUT2D eigenvalue weighted by Gasteiger charge is -2.22. The van der Waals surface area contributed by atoms with E-state index in [1.165, 1.54) is 5.56 Å². The van der Waals surface area contributed by atoms with Crippen molar-refractivity contribution in [2.75, 3.05) is 13.1 Å². The van der Waals surface area contributed by atoms with Gasteiger partial charge in [-0.2, -0.15) is 4.98 Å². The van der Waals surface area contributed by atoms with Gasteiger partial charge in [0.2, 0.25) is 5.88 Å². The molecule has 1 aromatic heterocycles. The summed E-state index contributed by atoms with van der Waals surface area (Å²) >= 11 is 0. The number of hydrogen-bond acceptors (Lipinski definition) is 4. The normalized spacial score (nSPS) is 16.7. The van der Waals surface area contributed by atoms with Gasteiger partial charge in [0.1, 0.15) is 5.82 Å². The van der Waals surface area contributed by atoms with E-state index >= 15 is 0 Å². The van der Waals surface area contributed by atoms with Gasteiger partial charge in [-0.15, -0.1) is 0 Å². The Kier molecular flexibility index (Phi) is 6.92. The Labute approximate surface area is 194 Å². The average molecular weight is 446 g/mol. The number of unbranched alkanes of at least 4 members (excludes halogenated alkanes) is 1. The van der Waals surface area contributed by atoms with Gasteiger partial charge in [0, 0.05) is 25.4 Å². The smallest absolute Gasteiger partial charge is 0.270 e. The van der Waals surface area contributed by atoms with Crippen LogP contribution in [0.1, 0.15) is 72.4 Å². The predicted octanol–water partition coefficient (Wildman–Crippen LogP) is 4.53. The fourth-order valence-corrected chi connectivity index (χ4v) is 4.64. The molecule has 172 valence electrons. The topological polar surface area (TPSA) is 75.4 Å². The molecule has 0 unspecified atom stereocenters. The Balaban J connectivity index is 1.70. The highest BCUT2D eigenvalue weighted by atomic mass is 16.3. The molecule has 1 amide bonds. The van der Waals surface area contributed by atoms with Crippen molar-refractivity contribution >= 4 is 5.91 Å². The van der Waals surface area contributed by atoms with E-state index in [0.717, 1.165) is 24.8 Å². The highest BCUT2D eigenvalue weighted by Gasteiger charge is 2.33. The van der Waals surface area contributed by atoms with E-state index in [-0.39, 0.29) is 17.5 Å². The molecule has 1 aliphatic rings. The highest BCUT2D eigenvalue weighted by Crippen LogP contribution is 2.29. The lowest BCUT2D eigenvalue weighted by atomic mass is 9.99. The van der Waals surface area contributed by atoms with Crippen molar-refractivity contribution in [2.24, 2.45) is 0 Å². The predicted molar refractivity (Wildman–Crippen MR) is 129 cm³/mol. The minimum absolute atomic E-state index is 0.222. The number of aryl methyl sites for hydroxylation is 1. The molecule has 3 aromatic rings. The van der Waals surface area contributed by atoms with E-state index in [9.17, 15) is 14.7 Å². The number of aromatic nitrogens is 2. The Bertz CT molecular complexity index is 1160. The number of hydrogen-bond donors (Lipinski definition) is 1. The third kappa shape index (κ3) is 4.70. The molecule has 6 nitrogen and oxygen atoms in total. The van der Waals surface area contributed by atoms with Crippen LogP contribution >= 0.6 is 0 Å². The molecule has 0 saturated carbocycles. The minimum atomic E-state index is -0.474. The van der Waals surface area contributed by atoms with Crippen molar-refractivity contribution in [3.05, 3.63) is 93.5 Å². The van der Waals surface area contributed by atoms with Crippen molar-refractivity contribution in [1.29, 1.82) is 0 Å². The zero-order valence-corrected chi connectivity index (χ0v) is 19.3. The molecular formula is C27H31N3O3. The first-order valence-corrected chi connectivity index (χ1v) is 11.7. The number of carbonyl (C=O) groups excluding carboxylic acids is 1. The first-order valence-electron chi connectivity index (χ1n) is 11.7. The van der Waals surface area contributed by atoms with Crippen molar-refractivity contribution in [3.8, 4) is 5.88 Å². The van der Waals surface area contributed by atoms with Crippen LogP contribution in [-0.2, 0) is 6.42 Å². The molecule has 2 heterocycles. The van der Waals surface area contributed by atoms with Gasteiger partial charge in [-0.3, -0.25) is 14.2 Å². The van der Waals surface area contributed by atoms with Crippen LogP contribution in [0.25, 0.3) is 0 Å². The van der Waals surface area contributed by atoms with E-state index < -0.39 is 17.3 Å². The molecule has 0 bridgehead atoms. The molecule has 2 atom stereocenters. The summed E-state index contributed by atoms with van der Waals surface area (Å²) in [4.78, 5) is 33.1. The standard InChI is InChI=1S/C27H31N3O3/c1-3-4-15-23-28-25(31)24(27(33)30(23)19(2)20-11-7-5-8-12-20)26(32)29-17-16-22(18-29)21-13-9-6-10-14-21/h5-14,19,22,31H,3-4,15-18H2,1-2H3/t19-,22-/m1/s1. The van der Waals surface area contributed by atoms with Gasteiger partial charge in [0.05, 0.1) is 6.04 Å². The molecule has 0 aliphatic carbocycles. The van der Waals surface area contributed by atoms with Gasteiger partial charge in [0.25, 0.3) is 11.5 Å². The lowest BCUT2D eigenvalue weighted by molar-refractivity contribution is 0.0783. The van der Waals surface area contributed by atoms with Crippen LogP contribution in [-0.4, -0.2) is 38.6 Å². The summed E-state index contributed by atoms with van der Waals surface area (Å²) in [7, 11) is 0. The van der Waals surface area contributed by atoms with Gasteiger partial charge in [0.15, 0.2) is 5.56 Å². The van der Waals surface area contributed by atoms with Crippen LogP contribution in [0.3, 0.4) is 0 Å². The third-order valence-corrected chi connectivity index (χ3v) is 6.55. The highest BCUT2D eigenvalue weighted by molar-refractivity contribution is 5.96. The Morgan fingerprint density at radius 1 is 1.12 bits per heavy atom. The summed E-state index contributed by atoms with van der Waals surface area (Å²) in [5.41, 5.74) is 1.43. The fraction of sp³-hybridized carbons (Fsp3) is 0.370. The number of carbonyl (C=O) groups is 1. The van der Waals surface area contributed by atoms with Crippen molar-refractivity contribution in [1.82, 2.24) is 14.5 Å². The Morgan fingerprint density at radius 3 is 2.45 bits per heavy atom. The van der Waals surface area contributed by atoms with Crippen molar-refractivity contribution < 1.29 is 9.90 Å². The fourth-order valence-electron chi connectivity index (χ4n) is 4.64. The van der Waals surface area contributed by atoms with Gasteiger partial charge >= 0.3 is 0 Å². The molecule has 1 aliphatic heterocycles. The maximum atomic E-state index is 13.7. The SMILES string of the molecule is CCCCc1nc(O)c(C(=O)N2CC[C@@H](c3ccccc3)C2)c(=O)n1[C@H](C)c1ccccc1. The molecule has 2 aromatic carbocycles. The minimum Gasteiger partial charge on any atom is -0.493 e. The maximum Gasteiger partial charge on any atom is 0.270 e. The second-order valence-corrected chi connectivity index (χ2v) is 8.74. The monoisotopic (exact) mass is 445 g/mol. The molecule has 1 saturated heterocycles. The van der Waals surface area contributed by atoms with Crippen LogP contribution < -0.4 is 5.56 Å². The van der Waals surface area contributed by atoms with E-state index in [1.54, 1.807) is 9.47 Å². The Hall–Kier alpha value is -3.41. The second kappa shape index (κ2) is 10.0. The average Bonchev–Trinajstić information content (AvgIpc) is 3.34. The van der Waals surface area contributed by atoms with Crippen LogP contribution in [0, 0.1) is 0 Å². The summed E-state index contributed by atoms with van der Waals surface area (Å²) in [5.74, 6) is -0.175. The molecular weight excluding hydrogens is 414 g/mol. The lowest BCUT2D eigenvalue weighted by Crippen LogP contribution is -2.38.